The Bertz CT molecular complexity index is 700. The average molecular weight is 275 g/mol. The summed E-state index contributed by atoms with van der Waals surface area (Å²) in [5.41, 5.74) is 1.89. The summed E-state index contributed by atoms with van der Waals surface area (Å²) in [5.74, 6) is 1.55. The number of rotatable bonds is 2. The maximum Gasteiger partial charge on any atom is 0.355 e. The molecule has 2 heterocycles. The monoisotopic (exact) mass is 275 g/mol. The molecule has 2 unspecified atom stereocenters. The average Bonchev–Trinajstić information content (AvgIpc) is 3.05. The van der Waals surface area contributed by atoms with Gasteiger partial charge in [-0.15, -0.1) is 0 Å². The highest BCUT2D eigenvalue weighted by atomic mass is 32.1. The molecule has 2 fully saturated rings. The molecule has 4 rings (SSSR count). The zero-order valence-electron chi connectivity index (χ0n) is 10.3. The molecular formula is C13H13N3O2S. The third kappa shape index (κ3) is 1.63. The highest BCUT2D eigenvalue weighted by molar-refractivity contribution is 7.15. The molecule has 19 heavy (non-hydrogen) atoms. The first kappa shape index (κ1) is 11.2. The van der Waals surface area contributed by atoms with E-state index in [0.29, 0.717) is 16.6 Å². The standard InChI is InChI=1S/C13H13N3O2S/c17-16(18)12-11(14-13-15(12)3-4-19-13)7-10-6-8-1-2-9(10)5-8/h3-4,7-9H,1-2,5-6H2/b10-7+. The lowest BCUT2D eigenvalue weighted by Crippen LogP contribution is -1.99. The quantitative estimate of drug-likeness (QED) is 0.622. The summed E-state index contributed by atoms with van der Waals surface area (Å²) in [5, 5.41) is 13.1. The maximum absolute atomic E-state index is 11.2. The van der Waals surface area contributed by atoms with Crippen LogP contribution in [0.1, 0.15) is 31.4 Å². The molecule has 2 aromatic heterocycles. The van der Waals surface area contributed by atoms with Crippen molar-refractivity contribution in [1.29, 1.82) is 0 Å². The van der Waals surface area contributed by atoms with E-state index < -0.39 is 0 Å². The number of fused-ring (bicyclic) bond motifs is 3. The van der Waals surface area contributed by atoms with E-state index in [4.69, 9.17) is 0 Å². The van der Waals surface area contributed by atoms with Crippen molar-refractivity contribution in [2.75, 3.05) is 0 Å². The molecule has 0 spiro atoms. The molecule has 0 N–H and O–H groups in total. The highest BCUT2D eigenvalue weighted by Gasteiger charge is 2.36. The number of nitro groups is 1. The zero-order chi connectivity index (χ0) is 13.0. The van der Waals surface area contributed by atoms with Crippen LogP contribution in [-0.4, -0.2) is 14.3 Å². The maximum atomic E-state index is 11.2. The second kappa shape index (κ2) is 3.90. The van der Waals surface area contributed by atoms with Gasteiger partial charge in [-0.3, -0.25) is 0 Å². The van der Waals surface area contributed by atoms with Crippen LogP contribution in [0.2, 0.25) is 0 Å². The molecule has 2 aromatic rings. The Morgan fingerprint density at radius 3 is 3.11 bits per heavy atom. The van der Waals surface area contributed by atoms with Crippen LogP contribution < -0.4 is 0 Å². The zero-order valence-corrected chi connectivity index (χ0v) is 11.1. The first-order valence-corrected chi connectivity index (χ1v) is 7.41. The van der Waals surface area contributed by atoms with E-state index in [1.54, 1.807) is 10.6 Å². The van der Waals surface area contributed by atoms with Gasteiger partial charge in [-0.05, 0) is 48.5 Å². The fourth-order valence-corrected chi connectivity index (χ4v) is 4.23. The highest BCUT2D eigenvalue weighted by Crippen LogP contribution is 2.48. The molecule has 6 heteroatoms. The molecule has 2 saturated carbocycles. The van der Waals surface area contributed by atoms with Gasteiger partial charge in [-0.25, -0.2) is 0 Å². The van der Waals surface area contributed by atoms with Gasteiger partial charge < -0.3 is 10.1 Å². The molecule has 0 aromatic carbocycles. The summed E-state index contributed by atoms with van der Waals surface area (Å²) in [6, 6.07) is 0. The molecule has 98 valence electrons. The van der Waals surface area contributed by atoms with Gasteiger partial charge in [0.05, 0.1) is 0 Å². The van der Waals surface area contributed by atoms with Crippen molar-refractivity contribution >= 4 is 28.2 Å². The Hall–Kier alpha value is -1.69. The van der Waals surface area contributed by atoms with E-state index in [1.165, 1.54) is 36.2 Å². The van der Waals surface area contributed by atoms with Crippen LogP contribution in [-0.2, 0) is 0 Å². The lowest BCUT2D eigenvalue weighted by atomic mass is 9.94. The minimum absolute atomic E-state index is 0.103. The summed E-state index contributed by atoms with van der Waals surface area (Å²) in [4.78, 5) is 16.0. The second-order valence-electron chi connectivity index (χ2n) is 5.43. The van der Waals surface area contributed by atoms with E-state index in [0.717, 1.165) is 12.3 Å². The number of aromatic nitrogens is 2. The molecule has 2 atom stereocenters. The molecule has 5 nitrogen and oxygen atoms in total. The smallest absolute Gasteiger partial charge is 0.355 e. The molecule has 0 aliphatic heterocycles. The summed E-state index contributed by atoms with van der Waals surface area (Å²) in [6.45, 7) is 0. The molecular weight excluding hydrogens is 262 g/mol. The summed E-state index contributed by atoms with van der Waals surface area (Å²) >= 11 is 1.43. The van der Waals surface area contributed by atoms with E-state index in [1.807, 2.05) is 11.5 Å². The largest absolute Gasteiger partial charge is 0.358 e. The Kier molecular flexibility index (Phi) is 2.29. The van der Waals surface area contributed by atoms with Gasteiger partial charge in [0.2, 0.25) is 0 Å². The predicted octanol–water partition coefficient (Wildman–Crippen LogP) is 3.51. The van der Waals surface area contributed by atoms with Crippen molar-refractivity contribution < 1.29 is 4.92 Å². The van der Waals surface area contributed by atoms with Crippen molar-refractivity contribution in [2.24, 2.45) is 11.8 Å². The van der Waals surface area contributed by atoms with Crippen LogP contribution in [0.15, 0.2) is 17.2 Å². The normalized spacial score (nSPS) is 27.7. The molecule has 0 radical (unpaired) electrons. The Labute approximate surface area is 113 Å². The summed E-state index contributed by atoms with van der Waals surface area (Å²) in [7, 11) is 0. The van der Waals surface area contributed by atoms with Gasteiger partial charge in [0.25, 0.3) is 4.96 Å². The number of nitrogens with zero attached hydrogens (tertiary/aromatic N) is 3. The lowest BCUT2D eigenvalue weighted by molar-refractivity contribution is -0.390. The van der Waals surface area contributed by atoms with E-state index in [-0.39, 0.29) is 10.7 Å². The minimum atomic E-state index is -0.327. The predicted molar refractivity (Wildman–Crippen MR) is 73.1 cm³/mol. The number of thiazole rings is 1. The van der Waals surface area contributed by atoms with Crippen molar-refractivity contribution in [3.8, 4) is 0 Å². The molecule has 2 aliphatic rings. The SMILES string of the molecule is O=[N+]([O-])c1c(/C=C2\CC3CCC2C3)nc2sccn12. The van der Waals surface area contributed by atoms with Crippen LogP contribution in [0.3, 0.4) is 0 Å². The van der Waals surface area contributed by atoms with Crippen molar-refractivity contribution in [1.82, 2.24) is 9.38 Å². The molecule has 2 aliphatic carbocycles. The topological polar surface area (TPSA) is 60.4 Å². The van der Waals surface area contributed by atoms with Gasteiger partial charge >= 0.3 is 5.82 Å². The van der Waals surface area contributed by atoms with Gasteiger partial charge in [0, 0.05) is 5.38 Å². The van der Waals surface area contributed by atoms with E-state index in [2.05, 4.69) is 4.98 Å². The third-order valence-electron chi connectivity index (χ3n) is 4.35. The second-order valence-corrected chi connectivity index (χ2v) is 6.31. The van der Waals surface area contributed by atoms with Crippen molar-refractivity contribution in [3.05, 3.63) is 33.0 Å². The van der Waals surface area contributed by atoms with Crippen LogP contribution in [0.4, 0.5) is 5.82 Å². The van der Waals surface area contributed by atoms with Crippen LogP contribution in [0, 0.1) is 22.0 Å². The van der Waals surface area contributed by atoms with Crippen LogP contribution >= 0.6 is 11.3 Å². The minimum Gasteiger partial charge on any atom is -0.358 e. The Balaban J connectivity index is 1.82. The van der Waals surface area contributed by atoms with Gasteiger partial charge in [-0.1, -0.05) is 16.9 Å². The summed E-state index contributed by atoms with van der Waals surface area (Å²) in [6.07, 6.45) is 8.62. The van der Waals surface area contributed by atoms with Gasteiger partial charge in [0.15, 0.2) is 5.69 Å². The molecule has 2 bridgehead atoms. The fourth-order valence-electron chi connectivity index (χ4n) is 3.52. The number of allylic oxidation sites excluding steroid dienone is 1. The Morgan fingerprint density at radius 2 is 2.42 bits per heavy atom. The van der Waals surface area contributed by atoms with Crippen LogP contribution in [0.5, 0.6) is 0 Å². The molecule has 0 saturated heterocycles. The number of hydrogen-bond donors (Lipinski definition) is 0. The summed E-state index contributed by atoms with van der Waals surface area (Å²) < 4.78 is 1.57. The first-order chi connectivity index (χ1) is 9.22. The van der Waals surface area contributed by atoms with E-state index in [9.17, 15) is 10.1 Å². The first-order valence-electron chi connectivity index (χ1n) is 6.53. The molecule has 0 amide bonds. The lowest BCUT2D eigenvalue weighted by Gasteiger charge is -2.12. The number of hydrogen-bond acceptors (Lipinski definition) is 4. The van der Waals surface area contributed by atoms with Crippen molar-refractivity contribution in [2.45, 2.75) is 25.7 Å². The fraction of sp³-hybridized carbons (Fsp3) is 0.462. The van der Waals surface area contributed by atoms with Gasteiger partial charge in [-0.2, -0.15) is 9.38 Å². The van der Waals surface area contributed by atoms with E-state index >= 15 is 0 Å². The van der Waals surface area contributed by atoms with Gasteiger partial charge in [0.1, 0.15) is 6.20 Å². The number of imidazole rings is 1. The van der Waals surface area contributed by atoms with Crippen molar-refractivity contribution in [3.63, 3.8) is 0 Å². The third-order valence-corrected chi connectivity index (χ3v) is 5.10. The Morgan fingerprint density at radius 1 is 1.53 bits per heavy atom. The van der Waals surface area contributed by atoms with Crippen LogP contribution in [0.25, 0.3) is 11.0 Å².